The van der Waals surface area contributed by atoms with Crippen LogP contribution in [0.1, 0.15) is 101 Å². The van der Waals surface area contributed by atoms with Gasteiger partial charge >= 0.3 is 11.9 Å². The molecule has 3 aliphatic rings. The van der Waals surface area contributed by atoms with Crippen molar-refractivity contribution in [2.45, 2.75) is 170 Å². The summed E-state index contributed by atoms with van der Waals surface area (Å²) in [6.45, 7) is 1.34. The van der Waals surface area contributed by atoms with Crippen molar-refractivity contribution in [3.63, 3.8) is 0 Å². The van der Waals surface area contributed by atoms with Gasteiger partial charge in [-0.1, -0.05) is 70.1 Å². The van der Waals surface area contributed by atoms with Gasteiger partial charge in [-0.2, -0.15) is 0 Å². The fraction of sp³-hybridized carbons (Fsp3) is 0.508. The Balaban J connectivity index is 1.27. The van der Waals surface area contributed by atoms with Crippen LogP contribution < -0.4 is 70.8 Å². The highest BCUT2D eigenvalue weighted by Gasteiger charge is 2.45. The lowest BCUT2D eigenvalue weighted by atomic mass is 10.0. The van der Waals surface area contributed by atoms with Crippen LogP contribution >= 0.6 is 21.6 Å². The number of H-pyrrole nitrogens is 2. The normalized spacial score (nSPS) is 22.6. The Bertz CT molecular complexity index is 3670. The quantitative estimate of drug-likeness (QED) is 0.0120. The third kappa shape index (κ3) is 23.7. The van der Waals surface area contributed by atoms with Gasteiger partial charge in [-0.3, -0.25) is 72.1 Å². The van der Waals surface area contributed by atoms with Crippen molar-refractivity contribution < 1.29 is 77.3 Å². The molecule has 0 bridgehead atoms. The van der Waals surface area contributed by atoms with E-state index in [1.165, 1.54) is 22.3 Å². The van der Waals surface area contributed by atoms with Crippen molar-refractivity contribution >= 4 is 121 Å². The number of carbonyl (C=O) groups excluding carboxylic acids is 12. The molecule has 35 nitrogen and oxygen atoms in total. The molecule has 7 rings (SSSR count). The summed E-state index contributed by atoms with van der Waals surface area (Å²) in [5, 5.41) is 43.6. The van der Waals surface area contributed by atoms with E-state index in [2.05, 4.69) is 67.8 Å². The third-order valence-electron chi connectivity index (χ3n) is 17.3. The number of hydrogen-bond donors (Lipinski definition) is 17. The van der Waals surface area contributed by atoms with Crippen LogP contribution in [0.3, 0.4) is 0 Å². The number of hydrogen-bond acceptors (Lipinski definition) is 19. The molecule has 0 unspecified atom stereocenters. The fourth-order valence-corrected chi connectivity index (χ4v) is 14.4. The number of carboxylic acids is 2. The molecule has 3 aliphatic heterocycles. The smallest absolute Gasteiger partial charge is 0.305 e. The summed E-state index contributed by atoms with van der Waals surface area (Å²) in [5.74, 6) is -14.3. The van der Waals surface area contributed by atoms with Crippen LogP contribution in [0.5, 0.6) is 0 Å². The van der Waals surface area contributed by atoms with Crippen LogP contribution in [0, 0.1) is 0 Å². The number of guanidine groups is 1. The van der Waals surface area contributed by atoms with Gasteiger partial charge in [0.15, 0.2) is 5.96 Å². The number of carboxylic acid groups (broad SMARTS) is 2. The molecule has 2 aromatic carbocycles. The monoisotopic (exact) mass is 1460 g/mol. The first-order chi connectivity index (χ1) is 48.8. The van der Waals surface area contributed by atoms with Gasteiger partial charge in [-0.25, -0.2) is 4.98 Å². The molecular weight excluding hydrogens is 1370 g/mol. The van der Waals surface area contributed by atoms with Crippen molar-refractivity contribution in [1.82, 2.24) is 72.6 Å². The summed E-state index contributed by atoms with van der Waals surface area (Å²) in [5.41, 5.74) is 24.5. The second kappa shape index (κ2) is 39.1. The number of carbonyl (C=O) groups is 14. The van der Waals surface area contributed by atoms with E-state index in [1.54, 1.807) is 60.8 Å². The van der Waals surface area contributed by atoms with Crippen molar-refractivity contribution in [3.8, 4) is 0 Å². The van der Waals surface area contributed by atoms with Crippen LogP contribution in [0.25, 0.3) is 10.9 Å². The van der Waals surface area contributed by atoms with E-state index in [1.807, 2.05) is 0 Å². The lowest BCUT2D eigenvalue weighted by Crippen LogP contribution is -2.61. The minimum atomic E-state index is -1.66. The zero-order valence-corrected chi connectivity index (χ0v) is 57.8. The first-order valence-corrected chi connectivity index (χ1v) is 35.9. The Morgan fingerprint density at radius 3 is 1.88 bits per heavy atom. The van der Waals surface area contributed by atoms with E-state index in [0.717, 1.165) is 28.5 Å². The van der Waals surface area contributed by atoms with Gasteiger partial charge in [0.1, 0.15) is 66.5 Å². The van der Waals surface area contributed by atoms with E-state index in [4.69, 9.17) is 22.9 Å². The number of aromatic amines is 2. The predicted octanol–water partition coefficient (Wildman–Crippen LogP) is -3.31. The number of aliphatic carboxylic acids is 2. The molecule has 4 aromatic rings. The molecule has 552 valence electrons. The number of benzene rings is 2. The molecule has 102 heavy (non-hydrogen) atoms. The number of unbranched alkanes of at least 4 members (excludes halogenated alkanes) is 1. The van der Waals surface area contributed by atoms with E-state index >= 15 is 24.0 Å². The van der Waals surface area contributed by atoms with Crippen LogP contribution in [-0.2, 0) is 86.4 Å². The number of aliphatic imine (C=N–C) groups is 1. The lowest BCUT2D eigenvalue weighted by molar-refractivity contribution is -0.148. The molecule has 2 aromatic heterocycles. The second-order valence-corrected chi connectivity index (χ2v) is 27.4. The van der Waals surface area contributed by atoms with Gasteiger partial charge in [0, 0.05) is 92.7 Å². The van der Waals surface area contributed by atoms with Crippen LogP contribution in [0.15, 0.2) is 78.3 Å². The molecule has 3 fully saturated rings. The molecule has 37 heteroatoms. The number of nitrogens with zero attached hydrogens (tertiary/aromatic N) is 4. The van der Waals surface area contributed by atoms with Gasteiger partial charge in [0.25, 0.3) is 0 Å². The number of primary amides is 1. The maximum absolute atomic E-state index is 15.5. The Morgan fingerprint density at radius 2 is 1.25 bits per heavy atom. The summed E-state index contributed by atoms with van der Waals surface area (Å²) in [6.07, 6.45) is 3.06. The molecule has 5 heterocycles. The van der Waals surface area contributed by atoms with Crippen molar-refractivity contribution in [1.29, 1.82) is 0 Å². The van der Waals surface area contributed by atoms with Crippen molar-refractivity contribution in [2.24, 2.45) is 27.9 Å². The summed E-state index contributed by atoms with van der Waals surface area (Å²) >= 11 is 0. The summed E-state index contributed by atoms with van der Waals surface area (Å²) in [7, 11) is 1.89. The highest BCUT2D eigenvalue weighted by molar-refractivity contribution is 8.76. The van der Waals surface area contributed by atoms with E-state index in [9.17, 15) is 53.4 Å². The predicted molar refractivity (Wildman–Crippen MR) is 373 cm³/mol. The Kier molecular flexibility index (Phi) is 30.3. The van der Waals surface area contributed by atoms with Crippen molar-refractivity contribution in [2.75, 3.05) is 37.7 Å². The maximum Gasteiger partial charge on any atom is 0.305 e. The number of amides is 12. The molecule has 3 saturated heterocycles. The lowest BCUT2D eigenvalue weighted by Gasteiger charge is -2.33. The SMILES string of the molecule is CC(=O)N[C@@H]1CSSC[C@@H](C(=O)N2CCC[C@H]2C(=O)N2CCC[C@H]2C(=O)N[C@@H](CCCCN)C(=O)N[C@@H](CC(=O)O)C(N)=O)NC(=O)[C@H](Cc2c[nH]c3ccccc23)NC(=O)[C@H](CCCN=C(N)N)NC(=O)[C@@H](Cc2ccccc2)NC(=O)[C@H](Cc2cnc[nH]2)NC(=O)[C@H](CCC(=O)O)NC1=O. The van der Waals surface area contributed by atoms with Gasteiger partial charge in [-0.05, 0) is 87.9 Å². The van der Waals surface area contributed by atoms with E-state index in [-0.39, 0.29) is 101 Å². The minimum Gasteiger partial charge on any atom is -0.481 e. The highest BCUT2D eigenvalue weighted by Crippen LogP contribution is 2.29. The molecular formula is C65H89N19O16S2. The van der Waals surface area contributed by atoms with Crippen LogP contribution in [0.2, 0.25) is 0 Å². The largest absolute Gasteiger partial charge is 0.481 e. The summed E-state index contributed by atoms with van der Waals surface area (Å²) < 4.78 is 0. The first-order valence-electron chi connectivity index (χ1n) is 33.4. The molecule has 12 amide bonds. The molecule has 0 radical (unpaired) electrons. The number of nitrogens with one attached hydrogen (secondary N) is 11. The minimum absolute atomic E-state index is 0.00644. The first kappa shape index (κ1) is 79.0. The van der Waals surface area contributed by atoms with Crippen LogP contribution in [0.4, 0.5) is 0 Å². The number of nitrogens with two attached hydrogens (primary N) is 4. The molecule has 0 spiro atoms. The van der Waals surface area contributed by atoms with E-state index in [0.29, 0.717) is 47.0 Å². The fourth-order valence-electron chi connectivity index (χ4n) is 12.1. The standard InChI is InChI=1S/C65H89N19O16S2/c1-35(85)74-48-32-101-102-33-49(63(99)84-25-11-19-51(84)64(100)83-24-10-18-50(83)62(98)77-41(16-7-8-22-66)55(91)78-44(54(67)90)29-53(88)89)82-59(95)46(27-37-30-72-40-15-6-5-14-39(37)40)80-56(92)42(17-9-23-71-65(68)69)75-58(94)45(26-36-12-3-2-4-13-36)79-60(96)47(28-38-31-70-34-73-38)81-57(93)43(76-61(48)97)20-21-52(86)87/h2-6,12-15,30-31,34,41-51,72H,7-11,16-29,32-33,66H2,1H3,(H2,67,90)(H,70,73)(H,74,85)(H,75,94)(H,76,97)(H,77,98)(H,78,91)(H,79,96)(H,80,92)(H,81,93)(H,82,95)(H,86,87)(H,88,89)(H4,68,69,71)/t41-,42-,43-,44-,45+,46-,47-,48+,49-,50-,51-/m0/s1. The third-order valence-corrected chi connectivity index (χ3v) is 19.7. The Hall–Kier alpha value is -10.3. The van der Waals surface area contributed by atoms with Gasteiger partial charge in [0.2, 0.25) is 70.9 Å². The number of likely N-dealkylation sites (tertiary alicyclic amines) is 2. The number of para-hydroxylation sites is 1. The highest BCUT2D eigenvalue weighted by atomic mass is 33.1. The second-order valence-electron chi connectivity index (χ2n) is 24.9. The molecule has 21 N–H and O–H groups in total. The average Bonchev–Trinajstić information content (AvgIpc) is 1.64. The number of rotatable bonds is 27. The number of imidazole rings is 1. The average molecular weight is 1460 g/mol. The summed E-state index contributed by atoms with van der Waals surface area (Å²) in [4.78, 5) is 213. The zero-order chi connectivity index (χ0) is 74.0. The molecule has 0 saturated carbocycles. The maximum atomic E-state index is 15.5. The van der Waals surface area contributed by atoms with Gasteiger partial charge < -0.3 is 101 Å². The van der Waals surface area contributed by atoms with E-state index < -0.39 is 169 Å². The zero-order valence-electron chi connectivity index (χ0n) is 56.2. The Labute approximate surface area is 594 Å². The van der Waals surface area contributed by atoms with Gasteiger partial charge in [0.05, 0.1) is 12.7 Å². The summed E-state index contributed by atoms with van der Waals surface area (Å²) in [6, 6.07) is -0.581. The molecule has 0 aliphatic carbocycles. The topological polar surface area (TPSA) is 555 Å². The van der Waals surface area contributed by atoms with Crippen molar-refractivity contribution in [3.05, 3.63) is 90.1 Å². The molecule has 11 atom stereocenters. The number of aromatic nitrogens is 3. The Morgan fingerprint density at radius 1 is 0.647 bits per heavy atom. The van der Waals surface area contributed by atoms with Crippen LogP contribution in [-0.4, -0.2) is 228 Å². The number of fused-ring (bicyclic) bond motifs is 1. The van der Waals surface area contributed by atoms with Gasteiger partial charge in [-0.15, -0.1) is 0 Å².